The van der Waals surface area contributed by atoms with Gasteiger partial charge in [-0.05, 0) is 34.1 Å². The molecule has 5 heteroatoms. The highest BCUT2D eigenvalue weighted by atomic mass is 79.9. The molecule has 1 aliphatic rings. The number of carbonyl (C=O) groups is 1. The second-order valence-corrected chi connectivity index (χ2v) is 5.96. The van der Waals surface area contributed by atoms with Crippen LogP contribution in [-0.4, -0.2) is 17.3 Å². The molecule has 1 unspecified atom stereocenters. The maximum Gasteiger partial charge on any atom is 0.228 e. The topological polar surface area (TPSA) is 20.3 Å². The van der Waals surface area contributed by atoms with Gasteiger partial charge in [0.15, 0.2) is 0 Å². The van der Waals surface area contributed by atoms with Gasteiger partial charge >= 0.3 is 0 Å². The number of alkyl halides is 1. The van der Waals surface area contributed by atoms with Crippen LogP contribution in [0, 0.1) is 0 Å². The molecular weight excluding hydrogens is 345 g/mol. The molecule has 0 radical (unpaired) electrons. The molecule has 0 aromatic heterocycles. The monoisotopic (exact) mass is 351 g/mol. The summed E-state index contributed by atoms with van der Waals surface area (Å²) >= 11 is 12.7. The lowest BCUT2D eigenvalue weighted by molar-refractivity contribution is -0.117. The van der Waals surface area contributed by atoms with Gasteiger partial charge in [-0.25, -0.2) is 0 Å². The summed E-state index contributed by atoms with van der Waals surface area (Å²) in [5, 5.41) is 0.623. The predicted octanol–water partition coefficient (Wildman–Crippen LogP) is 3.60. The van der Waals surface area contributed by atoms with Crippen LogP contribution in [-0.2, 0) is 4.79 Å². The first kappa shape index (κ1) is 11.4. The number of carbonyl (C=O) groups excluding carboxylic acids is 1. The van der Waals surface area contributed by atoms with Crippen molar-refractivity contribution in [2.24, 2.45) is 0 Å². The van der Waals surface area contributed by atoms with E-state index in [1.165, 1.54) is 0 Å². The van der Waals surface area contributed by atoms with Gasteiger partial charge in [-0.2, -0.15) is 0 Å². The van der Waals surface area contributed by atoms with Crippen LogP contribution >= 0.6 is 43.5 Å². The lowest BCUT2D eigenvalue weighted by Crippen LogP contribution is -2.24. The highest BCUT2D eigenvalue weighted by molar-refractivity contribution is 9.10. The highest BCUT2D eigenvalue weighted by Crippen LogP contribution is 2.30. The van der Waals surface area contributed by atoms with Crippen molar-refractivity contribution in [3.63, 3.8) is 0 Å². The van der Waals surface area contributed by atoms with Gasteiger partial charge in [0.05, 0.1) is 5.02 Å². The average molecular weight is 353 g/mol. The van der Waals surface area contributed by atoms with E-state index in [1.54, 1.807) is 11.0 Å². The van der Waals surface area contributed by atoms with Crippen molar-refractivity contribution < 1.29 is 4.79 Å². The van der Waals surface area contributed by atoms with Gasteiger partial charge in [0.25, 0.3) is 0 Å². The summed E-state index contributed by atoms with van der Waals surface area (Å²) in [6, 6.07) is 5.54. The lowest BCUT2D eigenvalue weighted by atomic mass is 10.3. The number of hydrogen-bond acceptors (Lipinski definition) is 1. The van der Waals surface area contributed by atoms with Gasteiger partial charge < -0.3 is 4.90 Å². The molecule has 0 N–H and O–H groups in total. The molecule has 0 aliphatic carbocycles. The maximum absolute atomic E-state index is 11.6. The number of nitrogens with zero attached hydrogens (tertiary/aromatic N) is 1. The molecule has 0 spiro atoms. The number of halogens is 3. The van der Waals surface area contributed by atoms with Crippen molar-refractivity contribution in [2.75, 3.05) is 11.4 Å². The fourth-order valence-corrected chi connectivity index (χ4v) is 2.55. The lowest BCUT2D eigenvalue weighted by Gasteiger charge is -2.16. The van der Waals surface area contributed by atoms with Crippen molar-refractivity contribution in [3.8, 4) is 0 Å². The summed E-state index contributed by atoms with van der Waals surface area (Å²) in [6.07, 6.45) is 0.549. The molecule has 15 heavy (non-hydrogen) atoms. The van der Waals surface area contributed by atoms with E-state index in [-0.39, 0.29) is 10.7 Å². The van der Waals surface area contributed by atoms with Gasteiger partial charge in [0.1, 0.15) is 0 Å². The van der Waals surface area contributed by atoms with Crippen LogP contribution in [0.2, 0.25) is 5.02 Å². The fourth-order valence-electron chi connectivity index (χ4n) is 1.57. The minimum atomic E-state index is 0.135. The molecule has 1 heterocycles. The first-order valence-corrected chi connectivity index (χ1v) is 6.56. The molecule has 1 amide bonds. The van der Waals surface area contributed by atoms with E-state index in [9.17, 15) is 4.79 Å². The van der Waals surface area contributed by atoms with Crippen LogP contribution in [0.5, 0.6) is 0 Å². The molecule has 1 aliphatic heterocycles. The van der Waals surface area contributed by atoms with Crippen LogP contribution in [0.3, 0.4) is 0 Å². The van der Waals surface area contributed by atoms with E-state index < -0.39 is 0 Å². The summed E-state index contributed by atoms with van der Waals surface area (Å²) in [5.41, 5.74) is 0.857. The normalized spacial score (nSPS) is 21.1. The average Bonchev–Trinajstić information content (AvgIpc) is 2.50. The van der Waals surface area contributed by atoms with Crippen LogP contribution in [0.15, 0.2) is 22.7 Å². The summed E-state index contributed by atoms with van der Waals surface area (Å²) < 4.78 is 0.843. The summed E-state index contributed by atoms with van der Waals surface area (Å²) in [4.78, 5) is 13.6. The second kappa shape index (κ2) is 4.44. The zero-order valence-electron chi connectivity index (χ0n) is 7.71. The standard InChI is InChI=1S/C10H8Br2ClNO/c11-6-3-10(15)14(5-6)7-1-2-8(12)9(13)4-7/h1-2,4,6H,3,5H2. The minimum Gasteiger partial charge on any atom is -0.311 e. The summed E-state index contributed by atoms with van der Waals surface area (Å²) in [6.45, 7) is 0.705. The largest absolute Gasteiger partial charge is 0.311 e. The van der Waals surface area contributed by atoms with E-state index in [0.717, 1.165) is 10.2 Å². The van der Waals surface area contributed by atoms with Crippen LogP contribution in [0.1, 0.15) is 6.42 Å². The Morgan fingerprint density at radius 3 is 2.73 bits per heavy atom. The van der Waals surface area contributed by atoms with E-state index in [2.05, 4.69) is 31.9 Å². The molecule has 1 fully saturated rings. The smallest absolute Gasteiger partial charge is 0.228 e. The SMILES string of the molecule is O=C1CC(Br)CN1c1ccc(Br)c(Cl)c1. The molecule has 80 valence electrons. The third-order valence-corrected chi connectivity index (χ3v) is 4.14. The molecule has 2 nitrogen and oxygen atoms in total. The van der Waals surface area contributed by atoms with Crippen LogP contribution in [0.4, 0.5) is 5.69 Å². The summed E-state index contributed by atoms with van der Waals surface area (Å²) in [5.74, 6) is 0.135. The van der Waals surface area contributed by atoms with Gasteiger partial charge in [-0.3, -0.25) is 4.79 Å². The molecular formula is C10H8Br2ClNO. The van der Waals surface area contributed by atoms with Gasteiger partial charge in [-0.1, -0.05) is 27.5 Å². The Balaban J connectivity index is 2.30. The molecule has 1 aromatic carbocycles. The number of benzene rings is 1. The quantitative estimate of drug-likeness (QED) is 0.707. The Morgan fingerprint density at radius 1 is 1.47 bits per heavy atom. The van der Waals surface area contributed by atoms with E-state index >= 15 is 0 Å². The molecule has 0 saturated carbocycles. The van der Waals surface area contributed by atoms with Gasteiger partial charge in [0.2, 0.25) is 5.91 Å². The van der Waals surface area contributed by atoms with E-state index in [1.807, 2.05) is 12.1 Å². The van der Waals surface area contributed by atoms with E-state index in [0.29, 0.717) is 18.0 Å². The van der Waals surface area contributed by atoms with Crippen molar-refractivity contribution in [1.82, 2.24) is 0 Å². The van der Waals surface area contributed by atoms with Crippen LogP contribution in [0.25, 0.3) is 0 Å². The van der Waals surface area contributed by atoms with Crippen LogP contribution < -0.4 is 4.90 Å². The second-order valence-electron chi connectivity index (χ2n) is 3.40. The Labute approximate surface area is 110 Å². The predicted molar refractivity (Wildman–Crippen MR) is 68.8 cm³/mol. The molecule has 1 aromatic rings. The third-order valence-electron chi connectivity index (χ3n) is 2.29. The Hall–Kier alpha value is -0.0600. The number of amides is 1. The molecule has 1 atom stereocenters. The Kier molecular flexibility index (Phi) is 3.38. The maximum atomic E-state index is 11.6. The molecule has 1 saturated heterocycles. The Bertz CT molecular complexity index is 410. The van der Waals surface area contributed by atoms with Gasteiger partial charge in [-0.15, -0.1) is 0 Å². The molecule has 2 rings (SSSR count). The first-order valence-electron chi connectivity index (χ1n) is 4.47. The highest BCUT2D eigenvalue weighted by Gasteiger charge is 2.28. The number of rotatable bonds is 1. The number of hydrogen-bond donors (Lipinski definition) is 0. The van der Waals surface area contributed by atoms with E-state index in [4.69, 9.17) is 11.6 Å². The van der Waals surface area contributed by atoms with Crippen molar-refractivity contribution in [1.29, 1.82) is 0 Å². The first-order chi connectivity index (χ1) is 7.08. The fraction of sp³-hybridized carbons (Fsp3) is 0.300. The zero-order valence-corrected chi connectivity index (χ0v) is 11.6. The minimum absolute atomic E-state index is 0.135. The van der Waals surface area contributed by atoms with Gasteiger partial charge in [0, 0.05) is 28.0 Å². The summed E-state index contributed by atoms with van der Waals surface area (Å²) in [7, 11) is 0. The van der Waals surface area contributed by atoms with Crippen molar-refractivity contribution >= 4 is 55.1 Å². The van der Waals surface area contributed by atoms with Crippen molar-refractivity contribution in [2.45, 2.75) is 11.2 Å². The Morgan fingerprint density at radius 2 is 2.20 bits per heavy atom. The number of anilines is 1. The van der Waals surface area contributed by atoms with Crippen molar-refractivity contribution in [3.05, 3.63) is 27.7 Å². The zero-order chi connectivity index (χ0) is 11.0. The third kappa shape index (κ3) is 2.37. The molecule has 0 bridgehead atoms.